The van der Waals surface area contributed by atoms with Gasteiger partial charge in [-0.1, -0.05) is 35.9 Å². The SMILES string of the molecule is N#Cc1ccc(CC(C#N)c2cccc(Cl)c2)cc1. The Bertz CT molecular complexity index is 648. The summed E-state index contributed by atoms with van der Waals surface area (Å²) in [5.74, 6) is -0.230. The molecule has 0 spiro atoms. The number of benzene rings is 2. The van der Waals surface area contributed by atoms with Crippen LogP contribution >= 0.6 is 11.6 Å². The van der Waals surface area contributed by atoms with Gasteiger partial charge in [0.1, 0.15) is 0 Å². The first kappa shape index (κ1) is 13.1. The minimum Gasteiger partial charge on any atom is -0.198 e. The van der Waals surface area contributed by atoms with E-state index in [9.17, 15) is 5.26 Å². The summed E-state index contributed by atoms with van der Waals surface area (Å²) in [7, 11) is 0. The lowest BCUT2D eigenvalue weighted by molar-refractivity contribution is 0.849. The summed E-state index contributed by atoms with van der Waals surface area (Å²) in [4.78, 5) is 0. The molecule has 0 aliphatic heterocycles. The second-order valence-electron chi connectivity index (χ2n) is 4.25. The third-order valence-corrected chi connectivity index (χ3v) is 3.16. The van der Waals surface area contributed by atoms with Crippen LogP contribution in [0.15, 0.2) is 48.5 Å². The molecule has 0 amide bonds. The fourth-order valence-corrected chi connectivity index (χ4v) is 2.11. The van der Waals surface area contributed by atoms with Crippen LogP contribution in [0.4, 0.5) is 0 Å². The van der Waals surface area contributed by atoms with Gasteiger partial charge in [0.15, 0.2) is 0 Å². The standard InChI is InChI=1S/C16H11ClN2/c17-16-3-1-2-14(9-16)15(11-19)8-12-4-6-13(10-18)7-5-12/h1-7,9,15H,8H2. The van der Waals surface area contributed by atoms with Crippen LogP contribution in [-0.4, -0.2) is 0 Å². The summed E-state index contributed by atoms with van der Waals surface area (Å²) in [6.45, 7) is 0. The van der Waals surface area contributed by atoms with E-state index in [1.807, 2.05) is 30.3 Å². The summed E-state index contributed by atoms with van der Waals surface area (Å²) in [6.07, 6.45) is 0.614. The highest BCUT2D eigenvalue weighted by Gasteiger charge is 2.11. The largest absolute Gasteiger partial charge is 0.198 e. The predicted octanol–water partition coefficient (Wildman–Crippen LogP) is 4.06. The van der Waals surface area contributed by atoms with Gasteiger partial charge in [0, 0.05) is 5.02 Å². The number of nitriles is 2. The first-order chi connectivity index (χ1) is 9.22. The van der Waals surface area contributed by atoms with Crippen LogP contribution in [0.5, 0.6) is 0 Å². The Labute approximate surface area is 117 Å². The number of hydrogen-bond donors (Lipinski definition) is 0. The van der Waals surface area contributed by atoms with E-state index >= 15 is 0 Å². The molecule has 19 heavy (non-hydrogen) atoms. The quantitative estimate of drug-likeness (QED) is 0.841. The highest BCUT2D eigenvalue weighted by atomic mass is 35.5. The first-order valence-electron chi connectivity index (χ1n) is 5.87. The Hall–Kier alpha value is -2.29. The molecule has 2 nitrogen and oxygen atoms in total. The smallest absolute Gasteiger partial charge is 0.0991 e. The molecule has 0 heterocycles. The number of rotatable bonds is 3. The van der Waals surface area contributed by atoms with Gasteiger partial charge >= 0.3 is 0 Å². The monoisotopic (exact) mass is 266 g/mol. The van der Waals surface area contributed by atoms with Gasteiger partial charge in [-0.15, -0.1) is 0 Å². The summed E-state index contributed by atoms with van der Waals surface area (Å²) < 4.78 is 0. The normalized spacial score (nSPS) is 11.3. The van der Waals surface area contributed by atoms with E-state index < -0.39 is 0 Å². The van der Waals surface area contributed by atoms with Crippen molar-refractivity contribution in [3.05, 3.63) is 70.2 Å². The number of hydrogen-bond acceptors (Lipinski definition) is 2. The molecule has 2 aromatic carbocycles. The van der Waals surface area contributed by atoms with E-state index in [-0.39, 0.29) is 5.92 Å². The zero-order valence-electron chi connectivity index (χ0n) is 10.2. The summed E-state index contributed by atoms with van der Waals surface area (Å²) in [6, 6.07) is 19.0. The highest BCUT2D eigenvalue weighted by Crippen LogP contribution is 2.23. The fraction of sp³-hybridized carbons (Fsp3) is 0.125. The molecule has 1 unspecified atom stereocenters. The Balaban J connectivity index is 2.20. The van der Waals surface area contributed by atoms with Crippen molar-refractivity contribution in [1.29, 1.82) is 10.5 Å². The number of halogens is 1. The molecule has 0 saturated carbocycles. The van der Waals surface area contributed by atoms with Crippen molar-refractivity contribution in [2.45, 2.75) is 12.3 Å². The molecule has 0 bridgehead atoms. The molecule has 0 aliphatic carbocycles. The fourth-order valence-electron chi connectivity index (χ4n) is 1.91. The third kappa shape index (κ3) is 3.35. The molecule has 0 N–H and O–H groups in total. The molecule has 0 fully saturated rings. The maximum atomic E-state index is 9.29. The molecule has 0 radical (unpaired) electrons. The third-order valence-electron chi connectivity index (χ3n) is 2.93. The van der Waals surface area contributed by atoms with Gasteiger partial charge < -0.3 is 0 Å². The molecule has 0 aromatic heterocycles. The lowest BCUT2D eigenvalue weighted by Crippen LogP contribution is -2.00. The van der Waals surface area contributed by atoms with Gasteiger partial charge in [-0.2, -0.15) is 10.5 Å². The summed E-state index contributed by atoms with van der Waals surface area (Å²) >= 11 is 5.94. The van der Waals surface area contributed by atoms with E-state index in [1.54, 1.807) is 18.2 Å². The van der Waals surface area contributed by atoms with Crippen LogP contribution in [0.1, 0.15) is 22.6 Å². The Morgan fingerprint density at radius 1 is 1.05 bits per heavy atom. The first-order valence-corrected chi connectivity index (χ1v) is 6.25. The van der Waals surface area contributed by atoms with Crippen LogP contribution < -0.4 is 0 Å². The van der Waals surface area contributed by atoms with Gasteiger partial charge in [0.25, 0.3) is 0 Å². The van der Waals surface area contributed by atoms with Crippen molar-refractivity contribution in [3.8, 4) is 12.1 Å². The van der Waals surface area contributed by atoms with Crippen LogP contribution in [0.3, 0.4) is 0 Å². The van der Waals surface area contributed by atoms with Crippen molar-refractivity contribution in [2.24, 2.45) is 0 Å². The molecule has 0 saturated heterocycles. The van der Waals surface area contributed by atoms with Crippen molar-refractivity contribution < 1.29 is 0 Å². The number of nitrogens with zero attached hydrogens (tertiary/aromatic N) is 2. The van der Waals surface area contributed by atoms with Gasteiger partial charge in [0.2, 0.25) is 0 Å². The molecule has 92 valence electrons. The Morgan fingerprint density at radius 3 is 2.37 bits per heavy atom. The van der Waals surface area contributed by atoms with Crippen LogP contribution in [0.2, 0.25) is 5.02 Å². The van der Waals surface area contributed by atoms with E-state index in [0.29, 0.717) is 17.0 Å². The maximum Gasteiger partial charge on any atom is 0.0991 e. The Morgan fingerprint density at radius 2 is 1.79 bits per heavy atom. The molecular weight excluding hydrogens is 256 g/mol. The topological polar surface area (TPSA) is 47.6 Å². The lowest BCUT2D eigenvalue weighted by Gasteiger charge is -2.10. The molecule has 2 rings (SSSR count). The van der Waals surface area contributed by atoms with E-state index in [0.717, 1.165) is 11.1 Å². The highest BCUT2D eigenvalue weighted by molar-refractivity contribution is 6.30. The van der Waals surface area contributed by atoms with E-state index in [1.165, 1.54) is 0 Å². The second-order valence-corrected chi connectivity index (χ2v) is 4.69. The van der Waals surface area contributed by atoms with Crippen LogP contribution in [0.25, 0.3) is 0 Å². The minimum atomic E-state index is -0.230. The average molecular weight is 267 g/mol. The zero-order valence-corrected chi connectivity index (χ0v) is 10.9. The molecule has 0 aliphatic rings. The van der Waals surface area contributed by atoms with Crippen molar-refractivity contribution in [3.63, 3.8) is 0 Å². The molecule has 1 atom stereocenters. The van der Waals surface area contributed by atoms with Crippen molar-refractivity contribution >= 4 is 11.6 Å². The predicted molar refractivity (Wildman–Crippen MR) is 74.7 cm³/mol. The molecule has 2 aromatic rings. The summed E-state index contributed by atoms with van der Waals surface area (Å²) in [5.41, 5.74) is 2.57. The molecular formula is C16H11ClN2. The lowest BCUT2D eigenvalue weighted by atomic mass is 9.93. The average Bonchev–Trinajstić information content (AvgIpc) is 2.45. The van der Waals surface area contributed by atoms with Gasteiger partial charge in [-0.05, 0) is 41.8 Å². The Kier molecular flexibility index (Phi) is 4.18. The summed E-state index contributed by atoms with van der Waals surface area (Å²) in [5, 5.41) is 18.7. The van der Waals surface area contributed by atoms with Gasteiger partial charge in [-0.25, -0.2) is 0 Å². The van der Waals surface area contributed by atoms with Crippen LogP contribution in [-0.2, 0) is 6.42 Å². The van der Waals surface area contributed by atoms with Gasteiger partial charge in [-0.3, -0.25) is 0 Å². The van der Waals surface area contributed by atoms with Gasteiger partial charge in [0.05, 0.1) is 23.6 Å². The molecule has 3 heteroatoms. The zero-order chi connectivity index (χ0) is 13.7. The van der Waals surface area contributed by atoms with E-state index in [2.05, 4.69) is 12.1 Å². The second kappa shape index (κ2) is 6.05. The van der Waals surface area contributed by atoms with Crippen molar-refractivity contribution in [2.75, 3.05) is 0 Å². The van der Waals surface area contributed by atoms with E-state index in [4.69, 9.17) is 16.9 Å². The van der Waals surface area contributed by atoms with Crippen LogP contribution in [0, 0.1) is 22.7 Å². The van der Waals surface area contributed by atoms with Crippen molar-refractivity contribution in [1.82, 2.24) is 0 Å². The maximum absolute atomic E-state index is 9.29. The minimum absolute atomic E-state index is 0.230.